The molecule has 22 heavy (non-hydrogen) atoms. The largest absolute Gasteiger partial charge is 0.459 e. The molecule has 114 valence electrons. The number of carbonyl (C=O) groups is 1. The van der Waals surface area contributed by atoms with Gasteiger partial charge in [0.25, 0.3) is 5.91 Å². The van der Waals surface area contributed by atoms with Crippen molar-refractivity contribution in [2.24, 2.45) is 0 Å². The Morgan fingerprint density at radius 3 is 2.95 bits per heavy atom. The Kier molecular flexibility index (Phi) is 3.08. The lowest BCUT2D eigenvalue weighted by molar-refractivity contribution is 0.0938. The van der Waals surface area contributed by atoms with E-state index < -0.39 is 0 Å². The van der Waals surface area contributed by atoms with E-state index in [1.807, 2.05) is 4.90 Å². The summed E-state index contributed by atoms with van der Waals surface area (Å²) in [6.45, 7) is 4.14. The van der Waals surface area contributed by atoms with E-state index in [2.05, 4.69) is 37.1 Å². The molecule has 4 heteroatoms. The Hall–Kier alpha value is -2.07. The highest BCUT2D eigenvalue weighted by molar-refractivity contribution is 6.06. The van der Waals surface area contributed by atoms with Crippen LogP contribution >= 0.6 is 0 Å². The Balaban J connectivity index is 1.80. The number of likely N-dealkylation sites (tertiary alicyclic amines) is 1. The minimum Gasteiger partial charge on any atom is -0.459 e. The van der Waals surface area contributed by atoms with Gasteiger partial charge in [-0.2, -0.15) is 0 Å². The number of piperidine rings is 1. The molecule has 0 aliphatic carbocycles. The molecular formula is C18H20N2O2. The molecule has 0 unspecified atom stereocenters. The second-order valence-corrected chi connectivity index (χ2v) is 6.44. The molecular weight excluding hydrogens is 276 g/mol. The van der Waals surface area contributed by atoms with E-state index in [0.29, 0.717) is 11.7 Å². The summed E-state index contributed by atoms with van der Waals surface area (Å²) >= 11 is 0. The fourth-order valence-corrected chi connectivity index (χ4v) is 3.87. The maximum Gasteiger partial charge on any atom is 0.294 e. The van der Waals surface area contributed by atoms with Crippen molar-refractivity contribution in [3.63, 3.8) is 0 Å². The molecule has 1 amide bonds. The monoisotopic (exact) mass is 296 g/mol. The van der Waals surface area contributed by atoms with Gasteiger partial charge in [0.05, 0.1) is 6.26 Å². The summed E-state index contributed by atoms with van der Waals surface area (Å²) in [6.07, 6.45) is 2.56. The number of rotatable bonds is 1. The number of nitrogens with zero attached hydrogens (tertiary/aromatic N) is 2. The Morgan fingerprint density at radius 1 is 1.32 bits per heavy atom. The lowest BCUT2D eigenvalue weighted by Gasteiger charge is -2.36. The van der Waals surface area contributed by atoms with Crippen LogP contribution in [0.15, 0.2) is 41.0 Å². The van der Waals surface area contributed by atoms with Gasteiger partial charge >= 0.3 is 0 Å². The average Bonchev–Trinajstić information content (AvgIpc) is 3.13. The van der Waals surface area contributed by atoms with Crippen molar-refractivity contribution in [3.05, 3.63) is 53.5 Å². The molecule has 3 heterocycles. The van der Waals surface area contributed by atoms with Crippen molar-refractivity contribution < 1.29 is 9.21 Å². The van der Waals surface area contributed by atoms with Crippen LogP contribution in [0.2, 0.25) is 0 Å². The van der Waals surface area contributed by atoms with Crippen molar-refractivity contribution in [1.29, 1.82) is 0 Å². The van der Waals surface area contributed by atoms with E-state index in [9.17, 15) is 4.79 Å². The highest BCUT2D eigenvalue weighted by Gasteiger charge is 2.44. The van der Waals surface area contributed by atoms with Gasteiger partial charge in [-0.3, -0.25) is 4.79 Å². The van der Waals surface area contributed by atoms with Crippen LogP contribution in [0.4, 0.5) is 5.69 Å². The van der Waals surface area contributed by atoms with Gasteiger partial charge in [-0.1, -0.05) is 17.7 Å². The zero-order valence-corrected chi connectivity index (χ0v) is 13.0. The van der Waals surface area contributed by atoms with Gasteiger partial charge < -0.3 is 14.2 Å². The maximum absolute atomic E-state index is 12.9. The molecule has 4 nitrogen and oxygen atoms in total. The van der Waals surface area contributed by atoms with Crippen molar-refractivity contribution in [1.82, 2.24) is 4.90 Å². The van der Waals surface area contributed by atoms with Gasteiger partial charge in [0.1, 0.15) is 0 Å². The summed E-state index contributed by atoms with van der Waals surface area (Å²) in [6, 6.07) is 10.2. The van der Waals surface area contributed by atoms with Crippen molar-refractivity contribution >= 4 is 11.6 Å². The quantitative estimate of drug-likeness (QED) is 0.811. The second-order valence-electron chi connectivity index (χ2n) is 6.44. The van der Waals surface area contributed by atoms with E-state index in [4.69, 9.17) is 4.42 Å². The summed E-state index contributed by atoms with van der Waals surface area (Å²) < 4.78 is 5.35. The fraction of sp³-hybridized carbons (Fsp3) is 0.389. The molecule has 0 bridgehead atoms. The van der Waals surface area contributed by atoms with Crippen LogP contribution in [0.25, 0.3) is 0 Å². The Labute approximate surface area is 130 Å². The molecule has 0 N–H and O–H groups in total. The second kappa shape index (κ2) is 4.99. The van der Waals surface area contributed by atoms with Gasteiger partial charge in [-0.05, 0) is 50.7 Å². The number of likely N-dealkylation sites (N-methyl/N-ethyl adjacent to an activating group) is 1. The lowest BCUT2D eigenvalue weighted by atomic mass is 9.89. The molecule has 2 atom stereocenters. The van der Waals surface area contributed by atoms with Crippen molar-refractivity contribution in [3.8, 4) is 0 Å². The molecule has 0 saturated carbocycles. The molecule has 0 radical (unpaired) electrons. The third-order valence-corrected chi connectivity index (χ3v) is 4.90. The summed E-state index contributed by atoms with van der Waals surface area (Å²) in [5.41, 5.74) is 3.60. The smallest absolute Gasteiger partial charge is 0.294 e. The summed E-state index contributed by atoms with van der Waals surface area (Å²) in [4.78, 5) is 17.2. The Bertz CT molecular complexity index is 708. The van der Waals surface area contributed by atoms with Gasteiger partial charge in [-0.25, -0.2) is 0 Å². The van der Waals surface area contributed by atoms with E-state index in [1.165, 1.54) is 11.1 Å². The highest BCUT2D eigenvalue weighted by atomic mass is 16.3. The molecule has 2 aromatic rings. The predicted molar refractivity (Wildman–Crippen MR) is 85.3 cm³/mol. The van der Waals surface area contributed by atoms with Gasteiger partial charge in [0.15, 0.2) is 5.76 Å². The van der Waals surface area contributed by atoms with Crippen molar-refractivity contribution in [2.45, 2.75) is 25.3 Å². The van der Waals surface area contributed by atoms with Crippen LogP contribution in [0.1, 0.15) is 34.0 Å². The van der Waals surface area contributed by atoms with E-state index >= 15 is 0 Å². The number of carbonyl (C=O) groups excluding carboxylic acids is 1. The predicted octanol–water partition coefficient (Wildman–Crippen LogP) is 3.04. The maximum atomic E-state index is 12.9. The third-order valence-electron chi connectivity index (χ3n) is 4.90. The van der Waals surface area contributed by atoms with E-state index in [0.717, 1.165) is 25.2 Å². The van der Waals surface area contributed by atoms with Gasteiger partial charge in [0, 0.05) is 24.2 Å². The fourth-order valence-electron chi connectivity index (χ4n) is 3.87. The number of benzene rings is 1. The number of fused-ring (bicyclic) bond motifs is 3. The number of hydrogen-bond donors (Lipinski definition) is 0. The summed E-state index contributed by atoms with van der Waals surface area (Å²) in [7, 11) is 2.16. The van der Waals surface area contributed by atoms with E-state index in [1.54, 1.807) is 18.4 Å². The Morgan fingerprint density at radius 2 is 2.18 bits per heavy atom. The molecule has 4 rings (SSSR count). The molecule has 0 spiro atoms. The first-order valence-electron chi connectivity index (χ1n) is 7.81. The molecule has 1 aromatic heterocycles. The first-order chi connectivity index (χ1) is 10.6. The first-order valence-corrected chi connectivity index (χ1v) is 7.81. The van der Waals surface area contributed by atoms with Crippen LogP contribution in [-0.2, 0) is 0 Å². The zero-order valence-electron chi connectivity index (χ0n) is 13.0. The standard InChI is InChI=1S/C18H20N2O2/c1-12-5-6-15-13(10-12)14-11-19(2)8-7-16(14)20(15)18(21)17-4-3-9-22-17/h3-6,9-10,14,16H,7-8,11H2,1-2H3/t14-,16-/m1/s1. The van der Waals surface area contributed by atoms with E-state index in [-0.39, 0.29) is 11.9 Å². The SMILES string of the molecule is Cc1ccc2c(c1)[C@H]1CN(C)CC[C@H]1N2C(=O)c1ccco1. The number of anilines is 1. The van der Waals surface area contributed by atoms with Crippen molar-refractivity contribution in [2.75, 3.05) is 25.0 Å². The minimum absolute atomic E-state index is 0.0212. The van der Waals surface area contributed by atoms with Crippen LogP contribution < -0.4 is 4.90 Å². The summed E-state index contributed by atoms with van der Waals surface area (Å²) in [5, 5.41) is 0. The lowest BCUT2D eigenvalue weighted by Crippen LogP contribution is -2.47. The van der Waals surface area contributed by atoms with Crippen LogP contribution in [0.5, 0.6) is 0 Å². The molecule has 1 aromatic carbocycles. The van der Waals surface area contributed by atoms with Crippen LogP contribution in [0, 0.1) is 6.92 Å². The molecule has 1 saturated heterocycles. The number of hydrogen-bond acceptors (Lipinski definition) is 3. The number of amides is 1. The average molecular weight is 296 g/mol. The van der Waals surface area contributed by atoms with Gasteiger partial charge in [-0.15, -0.1) is 0 Å². The van der Waals surface area contributed by atoms with Crippen LogP contribution in [-0.4, -0.2) is 37.0 Å². The first kappa shape index (κ1) is 13.6. The third kappa shape index (κ3) is 1.98. The molecule has 2 aliphatic heterocycles. The van der Waals surface area contributed by atoms with Gasteiger partial charge in [0.2, 0.25) is 0 Å². The topological polar surface area (TPSA) is 36.7 Å². The van der Waals surface area contributed by atoms with Crippen LogP contribution in [0.3, 0.4) is 0 Å². The molecule has 2 aliphatic rings. The zero-order chi connectivity index (χ0) is 15.3. The summed E-state index contributed by atoms with van der Waals surface area (Å²) in [5.74, 6) is 0.797. The molecule has 1 fully saturated rings. The highest BCUT2D eigenvalue weighted by Crippen LogP contribution is 2.45. The normalized spacial score (nSPS) is 24.2. The minimum atomic E-state index is -0.0212. The number of aryl methyl sites for hydroxylation is 1. The number of furan rings is 1.